The van der Waals surface area contributed by atoms with Crippen LogP contribution in [0.4, 0.5) is 0 Å². The standard InChI is InChI=1S/C5H6N2O4/c1-5(10,11)4(6-2-8)7-3-9/h4,10-11H,1H3. The molecule has 0 aliphatic carbocycles. The van der Waals surface area contributed by atoms with Gasteiger partial charge in [-0.05, 0) is 6.92 Å². The van der Waals surface area contributed by atoms with Gasteiger partial charge in [0.15, 0.2) is 0 Å². The molecule has 0 rings (SSSR count). The summed E-state index contributed by atoms with van der Waals surface area (Å²) in [6.07, 6.45) is 0.525. The number of aliphatic hydroxyl groups is 2. The second-order valence-electron chi connectivity index (χ2n) is 1.91. The second kappa shape index (κ2) is 3.75. The fourth-order valence-corrected chi connectivity index (χ4v) is 0.373. The molecule has 0 spiro atoms. The van der Waals surface area contributed by atoms with E-state index < -0.39 is 12.0 Å². The fourth-order valence-electron chi connectivity index (χ4n) is 0.373. The zero-order chi connectivity index (χ0) is 8.91. The van der Waals surface area contributed by atoms with E-state index in [1.165, 1.54) is 0 Å². The Kier molecular flexibility index (Phi) is 3.30. The lowest BCUT2D eigenvalue weighted by molar-refractivity contribution is -0.158. The minimum atomic E-state index is -2.34. The van der Waals surface area contributed by atoms with Crippen LogP contribution in [0.3, 0.4) is 0 Å². The summed E-state index contributed by atoms with van der Waals surface area (Å²) >= 11 is 0. The van der Waals surface area contributed by atoms with Gasteiger partial charge in [0.25, 0.3) is 0 Å². The van der Waals surface area contributed by atoms with Gasteiger partial charge in [0.2, 0.25) is 24.1 Å². The second-order valence-corrected chi connectivity index (χ2v) is 1.91. The molecule has 0 atom stereocenters. The molecular weight excluding hydrogens is 152 g/mol. The van der Waals surface area contributed by atoms with Crippen molar-refractivity contribution >= 4 is 12.2 Å². The van der Waals surface area contributed by atoms with Gasteiger partial charge in [-0.3, -0.25) is 0 Å². The van der Waals surface area contributed by atoms with Crippen molar-refractivity contribution in [2.75, 3.05) is 0 Å². The molecule has 0 saturated carbocycles. The zero-order valence-electron chi connectivity index (χ0n) is 5.68. The van der Waals surface area contributed by atoms with E-state index in [-0.39, 0.29) is 0 Å². The van der Waals surface area contributed by atoms with Crippen LogP contribution >= 0.6 is 0 Å². The van der Waals surface area contributed by atoms with E-state index in [1.807, 2.05) is 0 Å². The van der Waals surface area contributed by atoms with E-state index in [9.17, 15) is 9.59 Å². The van der Waals surface area contributed by atoms with Crippen LogP contribution in [0.15, 0.2) is 9.98 Å². The van der Waals surface area contributed by atoms with E-state index in [2.05, 4.69) is 9.98 Å². The van der Waals surface area contributed by atoms with E-state index in [0.29, 0.717) is 0 Å². The number of nitrogens with zero attached hydrogens (tertiary/aromatic N) is 2. The van der Waals surface area contributed by atoms with Gasteiger partial charge in [0.05, 0.1) is 0 Å². The molecule has 0 aliphatic heterocycles. The van der Waals surface area contributed by atoms with Crippen LogP contribution in [0.25, 0.3) is 0 Å². The predicted molar refractivity (Wildman–Crippen MR) is 32.9 cm³/mol. The largest absolute Gasteiger partial charge is 0.363 e. The van der Waals surface area contributed by atoms with Crippen LogP contribution in [0.2, 0.25) is 0 Å². The Morgan fingerprint density at radius 2 is 1.64 bits per heavy atom. The molecule has 0 aromatic carbocycles. The summed E-state index contributed by atoms with van der Waals surface area (Å²) in [4.78, 5) is 25.0. The Labute approximate surface area is 61.9 Å². The highest BCUT2D eigenvalue weighted by atomic mass is 16.5. The maximum Gasteiger partial charge on any atom is 0.237 e. The number of carbonyl (C=O) groups excluding carboxylic acids is 2. The molecule has 0 bridgehead atoms. The maximum absolute atomic E-state index is 9.63. The Hall–Kier alpha value is -1.32. The minimum Gasteiger partial charge on any atom is -0.363 e. The van der Waals surface area contributed by atoms with Crippen molar-refractivity contribution in [3.05, 3.63) is 0 Å². The quantitative estimate of drug-likeness (QED) is 0.302. The smallest absolute Gasteiger partial charge is 0.237 e. The van der Waals surface area contributed by atoms with Crippen LogP contribution in [0.5, 0.6) is 0 Å². The summed E-state index contributed by atoms with van der Waals surface area (Å²) in [5, 5.41) is 17.5. The van der Waals surface area contributed by atoms with Crippen molar-refractivity contribution in [3.8, 4) is 0 Å². The van der Waals surface area contributed by atoms with Crippen LogP contribution in [-0.4, -0.2) is 34.3 Å². The molecule has 0 radical (unpaired) electrons. The Morgan fingerprint density at radius 1 is 1.27 bits per heavy atom. The molecule has 6 nitrogen and oxygen atoms in total. The Morgan fingerprint density at radius 3 is 1.82 bits per heavy atom. The third kappa shape index (κ3) is 3.40. The van der Waals surface area contributed by atoms with Crippen LogP contribution in [-0.2, 0) is 9.59 Å². The fraction of sp³-hybridized carbons (Fsp3) is 0.600. The van der Waals surface area contributed by atoms with Crippen LogP contribution in [0.1, 0.15) is 6.92 Å². The minimum absolute atomic E-state index is 0.930. The monoisotopic (exact) mass is 158 g/mol. The van der Waals surface area contributed by atoms with Crippen molar-refractivity contribution in [1.29, 1.82) is 0 Å². The van der Waals surface area contributed by atoms with Gasteiger partial charge in [-0.1, -0.05) is 0 Å². The van der Waals surface area contributed by atoms with E-state index >= 15 is 0 Å². The number of hydrogen-bond acceptors (Lipinski definition) is 6. The number of rotatable bonds is 3. The number of hydrogen-bond donors (Lipinski definition) is 2. The molecule has 0 saturated heterocycles. The van der Waals surface area contributed by atoms with Gasteiger partial charge in [0.1, 0.15) is 0 Å². The van der Waals surface area contributed by atoms with Gasteiger partial charge >= 0.3 is 0 Å². The lowest BCUT2D eigenvalue weighted by Crippen LogP contribution is -2.36. The molecule has 0 fully saturated rings. The molecule has 11 heavy (non-hydrogen) atoms. The van der Waals surface area contributed by atoms with Crippen molar-refractivity contribution < 1.29 is 19.8 Å². The van der Waals surface area contributed by atoms with E-state index in [0.717, 1.165) is 19.1 Å². The molecule has 0 aromatic heterocycles. The Bertz CT molecular complexity index is 201. The Balaban J connectivity index is 4.60. The van der Waals surface area contributed by atoms with Gasteiger partial charge in [0, 0.05) is 0 Å². The maximum atomic E-state index is 9.63. The van der Waals surface area contributed by atoms with Crippen LogP contribution in [0, 0.1) is 0 Å². The summed E-state index contributed by atoms with van der Waals surface area (Å²) in [6, 6.07) is 0. The topological polar surface area (TPSA) is 99.3 Å². The zero-order valence-corrected chi connectivity index (χ0v) is 5.68. The molecule has 0 aliphatic rings. The average Bonchev–Trinajstić information content (AvgIpc) is 1.85. The summed E-state index contributed by atoms with van der Waals surface area (Å²) < 4.78 is 0. The molecule has 0 amide bonds. The van der Waals surface area contributed by atoms with E-state index in [4.69, 9.17) is 10.2 Å². The van der Waals surface area contributed by atoms with Crippen molar-refractivity contribution in [3.63, 3.8) is 0 Å². The molecule has 0 heterocycles. The first kappa shape index (κ1) is 9.68. The lowest BCUT2D eigenvalue weighted by atomic mass is 10.3. The van der Waals surface area contributed by atoms with Crippen molar-refractivity contribution in [2.45, 2.75) is 18.9 Å². The number of isocyanates is 2. The van der Waals surface area contributed by atoms with Gasteiger partial charge in [-0.25, -0.2) is 9.59 Å². The molecular formula is C5H6N2O4. The average molecular weight is 158 g/mol. The molecule has 60 valence electrons. The summed E-state index contributed by atoms with van der Waals surface area (Å²) in [5.41, 5.74) is 0. The molecule has 6 heteroatoms. The first-order valence-corrected chi connectivity index (χ1v) is 2.61. The normalized spacial score (nSPS) is 12.6. The third-order valence-corrected chi connectivity index (χ3v) is 0.839. The molecule has 0 unspecified atom stereocenters. The SMILES string of the molecule is CC(O)(O)C(N=C=O)N=C=O. The highest BCUT2D eigenvalue weighted by molar-refractivity contribution is 5.37. The van der Waals surface area contributed by atoms with Crippen LogP contribution < -0.4 is 0 Å². The van der Waals surface area contributed by atoms with Gasteiger partial charge in [-0.2, -0.15) is 9.98 Å². The summed E-state index contributed by atoms with van der Waals surface area (Å²) in [6.45, 7) is 0.930. The molecule has 2 N–H and O–H groups in total. The summed E-state index contributed by atoms with van der Waals surface area (Å²) in [5.74, 6) is -2.34. The highest BCUT2D eigenvalue weighted by Crippen LogP contribution is 2.08. The number of aliphatic imine (C=N–C) groups is 2. The van der Waals surface area contributed by atoms with E-state index in [1.54, 1.807) is 0 Å². The highest BCUT2D eigenvalue weighted by Gasteiger charge is 2.28. The van der Waals surface area contributed by atoms with Crippen molar-refractivity contribution in [1.82, 2.24) is 0 Å². The van der Waals surface area contributed by atoms with Gasteiger partial charge in [-0.15, -0.1) is 0 Å². The third-order valence-electron chi connectivity index (χ3n) is 0.839. The predicted octanol–water partition coefficient (Wildman–Crippen LogP) is -1.32. The van der Waals surface area contributed by atoms with Crippen molar-refractivity contribution in [2.24, 2.45) is 9.98 Å². The summed E-state index contributed by atoms with van der Waals surface area (Å²) in [7, 11) is 0. The molecule has 0 aromatic rings. The van der Waals surface area contributed by atoms with Gasteiger partial charge < -0.3 is 10.2 Å². The lowest BCUT2D eigenvalue weighted by Gasteiger charge is -2.17. The first-order valence-electron chi connectivity index (χ1n) is 2.61. The first-order chi connectivity index (χ1) is 5.02.